The summed E-state index contributed by atoms with van der Waals surface area (Å²) in [5.41, 5.74) is -0.375. The molecule has 0 aliphatic heterocycles. The zero-order chi connectivity index (χ0) is 42.1. The highest BCUT2D eigenvalue weighted by Gasteiger charge is 2.46. The van der Waals surface area contributed by atoms with Crippen molar-refractivity contribution in [1.82, 2.24) is 29.9 Å². The number of aromatic nitrogens is 6. The van der Waals surface area contributed by atoms with E-state index in [1.807, 2.05) is 0 Å². The molecule has 18 heteroatoms. The van der Waals surface area contributed by atoms with E-state index in [0.29, 0.717) is 0 Å². The Kier molecular flexibility index (Phi) is 14.3. The minimum Gasteiger partial charge on any atom is -0.458 e. The Hall–Kier alpha value is -8.28. The predicted molar refractivity (Wildman–Crippen MR) is 203 cm³/mol. The Morgan fingerprint density at radius 1 is 0.350 bits per heavy atom. The fourth-order valence-corrected chi connectivity index (χ4v) is 5.28. The molecule has 0 saturated heterocycles. The zero-order valence-electron chi connectivity index (χ0n) is 31.2. The summed E-state index contributed by atoms with van der Waals surface area (Å²) in [5.74, 6) is -6.15. The number of esters is 6. The summed E-state index contributed by atoms with van der Waals surface area (Å²) in [6, 6.07) is 17.1. The molecule has 0 bridgehead atoms. The normalized spacial score (nSPS) is 12.6. The van der Waals surface area contributed by atoms with Gasteiger partial charge in [-0.3, -0.25) is 29.9 Å². The molecule has 6 heterocycles. The Bertz CT molecular complexity index is 2200. The molecular formula is C42H32N6O12. The molecule has 18 nitrogen and oxygen atoms in total. The Labute approximate surface area is 340 Å². The van der Waals surface area contributed by atoms with Crippen LogP contribution in [0.15, 0.2) is 147 Å². The van der Waals surface area contributed by atoms with Gasteiger partial charge >= 0.3 is 35.8 Å². The van der Waals surface area contributed by atoms with Gasteiger partial charge in [-0.25, -0.2) is 28.8 Å². The third kappa shape index (κ3) is 11.4. The largest absolute Gasteiger partial charge is 0.458 e. The maximum atomic E-state index is 14.0. The van der Waals surface area contributed by atoms with Crippen LogP contribution in [0, 0.1) is 0 Å². The highest BCUT2D eigenvalue weighted by molar-refractivity contribution is 5.92. The Morgan fingerprint density at radius 3 is 0.817 bits per heavy atom. The van der Waals surface area contributed by atoms with Crippen molar-refractivity contribution in [3.05, 3.63) is 181 Å². The fourth-order valence-electron chi connectivity index (χ4n) is 5.28. The topological polar surface area (TPSA) is 235 Å². The van der Waals surface area contributed by atoms with Gasteiger partial charge in [-0.1, -0.05) is 0 Å². The van der Waals surface area contributed by atoms with E-state index in [2.05, 4.69) is 29.9 Å². The van der Waals surface area contributed by atoms with Crippen molar-refractivity contribution in [2.45, 2.75) is 24.4 Å². The smallest absolute Gasteiger partial charge is 0.340 e. The molecule has 6 rings (SSSR count). The van der Waals surface area contributed by atoms with Gasteiger partial charge in [0.05, 0.1) is 33.4 Å². The minimum absolute atomic E-state index is 0.00360. The average Bonchev–Trinajstić information content (AvgIpc) is 3.31. The van der Waals surface area contributed by atoms with E-state index in [-0.39, 0.29) is 33.4 Å². The number of rotatable bonds is 17. The first-order chi connectivity index (χ1) is 29.3. The molecule has 4 unspecified atom stereocenters. The number of carbonyl (C=O) groups excluding carboxylic acids is 6. The van der Waals surface area contributed by atoms with Crippen LogP contribution in [-0.2, 0) is 28.4 Å². The van der Waals surface area contributed by atoms with Gasteiger partial charge in [0.1, 0.15) is 13.2 Å². The molecule has 6 aromatic rings. The zero-order valence-corrected chi connectivity index (χ0v) is 31.2. The maximum absolute atomic E-state index is 14.0. The van der Waals surface area contributed by atoms with Crippen molar-refractivity contribution in [1.29, 1.82) is 0 Å². The molecule has 60 heavy (non-hydrogen) atoms. The van der Waals surface area contributed by atoms with E-state index in [9.17, 15) is 28.8 Å². The van der Waals surface area contributed by atoms with Gasteiger partial charge < -0.3 is 28.4 Å². The van der Waals surface area contributed by atoms with Crippen LogP contribution < -0.4 is 0 Å². The molecule has 302 valence electrons. The molecule has 0 spiro atoms. The highest BCUT2D eigenvalue weighted by Crippen LogP contribution is 2.25. The first-order valence-electron chi connectivity index (χ1n) is 17.8. The number of hydrogen-bond donors (Lipinski definition) is 0. The van der Waals surface area contributed by atoms with Crippen LogP contribution in [0.2, 0.25) is 0 Å². The summed E-state index contributed by atoms with van der Waals surface area (Å²) in [6.07, 6.45) is 7.86. The molecule has 0 radical (unpaired) electrons. The van der Waals surface area contributed by atoms with Crippen molar-refractivity contribution in [2.75, 3.05) is 13.2 Å². The predicted octanol–water partition coefficient (Wildman–Crippen LogP) is 3.97. The van der Waals surface area contributed by atoms with Gasteiger partial charge in [0.15, 0.2) is 24.4 Å². The Balaban J connectivity index is 1.48. The van der Waals surface area contributed by atoms with Gasteiger partial charge in [-0.05, 0) is 72.8 Å². The summed E-state index contributed by atoms with van der Waals surface area (Å²) in [7, 11) is 0. The lowest BCUT2D eigenvalue weighted by atomic mass is 10.0. The molecule has 0 aliphatic carbocycles. The summed E-state index contributed by atoms with van der Waals surface area (Å²) in [6.45, 7) is -1.71. The van der Waals surface area contributed by atoms with Gasteiger partial charge in [0.2, 0.25) is 0 Å². The first-order valence-corrected chi connectivity index (χ1v) is 17.8. The number of pyridine rings is 6. The van der Waals surface area contributed by atoms with Crippen LogP contribution in [0.4, 0.5) is 0 Å². The van der Waals surface area contributed by atoms with Crippen molar-refractivity contribution in [2.24, 2.45) is 0 Å². The molecule has 0 aromatic carbocycles. The van der Waals surface area contributed by atoms with Gasteiger partial charge in [-0.15, -0.1) is 0 Å². The van der Waals surface area contributed by atoms with Crippen molar-refractivity contribution >= 4 is 35.8 Å². The lowest BCUT2D eigenvalue weighted by molar-refractivity contribution is -0.138. The van der Waals surface area contributed by atoms with Crippen LogP contribution in [0.3, 0.4) is 0 Å². The van der Waals surface area contributed by atoms with E-state index in [4.69, 9.17) is 28.4 Å². The number of carbonyl (C=O) groups is 6. The second-order valence-corrected chi connectivity index (χ2v) is 12.3. The molecule has 6 aromatic heterocycles. The SMILES string of the molecule is O=C(OCC(OC(=O)c1cccnc1)C(OC(=O)c1cccnc1)C(OC(=O)c1cccnc1)C(COC(=O)c1cccnc1)OC(=O)c1cccnc1)c1cccnc1. The van der Waals surface area contributed by atoms with Crippen LogP contribution >= 0.6 is 0 Å². The quantitative estimate of drug-likeness (QED) is 0.0935. The molecule has 0 fully saturated rings. The summed E-state index contributed by atoms with van der Waals surface area (Å²) < 4.78 is 35.0. The minimum atomic E-state index is -2.02. The fraction of sp³-hybridized carbons (Fsp3) is 0.143. The van der Waals surface area contributed by atoms with E-state index < -0.39 is 73.4 Å². The van der Waals surface area contributed by atoms with Crippen molar-refractivity contribution < 1.29 is 57.2 Å². The molecule has 0 amide bonds. The summed E-state index contributed by atoms with van der Waals surface area (Å²) >= 11 is 0. The standard InChI is InChI=1S/C42H32N6O12/c49-37(27-7-1-13-43-19-27)55-25-33(57-39(51)29-9-3-15-45-21-29)35(59-41(53)31-11-5-17-47-23-31)36(60-42(54)32-12-6-18-48-24-32)34(58-40(52)30-10-4-16-46-22-30)26-56-38(50)28-8-2-14-44-20-28/h1-24,33-36H,25-26H2. The summed E-state index contributed by atoms with van der Waals surface area (Å²) in [5, 5.41) is 0. The van der Waals surface area contributed by atoms with E-state index in [1.165, 1.54) is 147 Å². The van der Waals surface area contributed by atoms with Crippen molar-refractivity contribution in [3.63, 3.8) is 0 Å². The number of ether oxygens (including phenoxy) is 6. The van der Waals surface area contributed by atoms with Gasteiger partial charge in [0, 0.05) is 74.4 Å². The van der Waals surface area contributed by atoms with Crippen LogP contribution in [0.5, 0.6) is 0 Å². The third-order valence-corrected chi connectivity index (χ3v) is 8.20. The number of hydrogen-bond acceptors (Lipinski definition) is 18. The highest BCUT2D eigenvalue weighted by atomic mass is 16.6. The van der Waals surface area contributed by atoms with E-state index in [1.54, 1.807) is 0 Å². The van der Waals surface area contributed by atoms with Gasteiger partial charge in [0.25, 0.3) is 0 Å². The van der Waals surface area contributed by atoms with Crippen molar-refractivity contribution in [3.8, 4) is 0 Å². The first kappa shape index (κ1) is 41.4. The molecule has 0 saturated carbocycles. The maximum Gasteiger partial charge on any atom is 0.340 e. The molecule has 0 N–H and O–H groups in total. The van der Waals surface area contributed by atoms with Crippen LogP contribution in [0.25, 0.3) is 0 Å². The molecular weight excluding hydrogens is 780 g/mol. The molecule has 0 aliphatic rings. The number of nitrogens with zero attached hydrogens (tertiary/aromatic N) is 6. The monoisotopic (exact) mass is 812 g/mol. The van der Waals surface area contributed by atoms with Crippen LogP contribution in [-0.4, -0.2) is 103 Å². The van der Waals surface area contributed by atoms with E-state index in [0.717, 1.165) is 0 Å². The lowest BCUT2D eigenvalue weighted by Gasteiger charge is -2.35. The molecule has 4 atom stereocenters. The van der Waals surface area contributed by atoms with Crippen LogP contribution in [0.1, 0.15) is 62.1 Å². The second kappa shape index (κ2) is 20.8. The lowest BCUT2D eigenvalue weighted by Crippen LogP contribution is -2.54. The third-order valence-electron chi connectivity index (χ3n) is 8.20. The second-order valence-electron chi connectivity index (χ2n) is 12.3. The Morgan fingerprint density at radius 2 is 0.583 bits per heavy atom. The van der Waals surface area contributed by atoms with E-state index >= 15 is 0 Å². The average molecular weight is 813 g/mol. The summed E-state index contributed by atoms with van der Waals surface area (Å²) in [4.78, 5) is 106. The van der Waals surface area contributed by atoms with Gasteiger partial charge in [-0.2, -0.15) is 0 Å².